The van der Waals surface area contributed by atoms with Gasteiger partial charge in [0, 0.05) is 12.6 Å². The van der Waals surface area contributed by atoms with E-state index in [1.54, 1.807) is 12.1 Å². The number of amides is 1. The summed E-state index contributed by atoms with van der Waals surface area (Å²) in [5.74, 6) is -0.207. The summed E-state index contributed by atoms with van der Waals surface area (Å²) in [7, 11) is 0. The highest BCUT2D eigenvalue weighted by atomic mass is 35.5. The lowest BCUT2D eigenvalue weighted by atomic mass is 10.2. The van der Waals surface area contributed by atoms with Crippen molar-refractivity contribution in [3.63, 3.8) is 0 Å². The third kappa shape index (κ3) is 4.63. The first kappa shape index (κ1) is 17.2. The largest absolute Gasteiger partial charge is 0.395 e. The Hall–Kier alpha value is -0.810. The van der Waals surface area contributed by atoms with Crippen LogP contribution in [0.15, 0.2) is 12.1 Å². The predicted molar refractivity (Wildman–Crippen MR) is 83.6 cm³/mol. The smallest absolute Gasteiger partial charge is 0.238 e. The Kier molecular flexibility index (Phi) is 6.76. The molecule has 1 amide bonds. The van der Waals surface area contributed by atoms with Gasteiger partial charge in [0.05, 0.1) is 28.9 Å². The molecule has 1 aromatic rings. The van der Waals surface area contributed by atoms with E-state index in [1.165, 1.54) is 0 Å². The summed E-state index contributed by atoms with van der Waals surface area (Å²) < 4.78 is 0. The number of aryl methyl sites for hydroxylation is 1. The Morgan fingerprint density at radius 2 is 2.05 bits per heavy atom. The molecule has 20 heavy (non-hydrogen) atoms. The number of nitrogens with one attached hydrogen (secondary N) is 1. The van der Waals surface area contributed by atoms with E-state index in [0.29, 0.717) is 22.3 Å². The van der Waals surface area contributed by atoms with Gasteiger partial charge in [-0.2, -0.15) is 0 Å². The molecule has 0 aliphatic rings. The fourth-order valence-corrected chi connectivity index (χ4v) is 2.25. The monoisotopic (exact) mass is 318 g/mol. The van der Waals surface area contributed by atoms with Crippen molar-refractivity contribution in [1.29, 1.82) is 0 Å². The number of benzene rings is 1. The van der Waals surface area contributed by atoms with Gasteiger partial charge >= 0.3 is 0 Å². The highest BCUT2D eigenvalue weighted by Crippen LogP contribution is 2.32. The van der Waals surface area contributed by atoms with Gasteiger partial charge in [-0.3, -0.25) is 9.69 Å². The van der Waals surface area contributed by atoms with Crippen LogP contribution in [0, 0.1) is 6.92 Å². The molecular formula is C14H20Cl2N2O2. The van der Waals surface area contributed by atoms with E-state index in [4.69, 9.17) is 28.3 Å². The van der Waals surface area contributed by atoms with Gasteiger partial charge in [-0.15, -0.1) is 0 Å². The van der Waals surface area contributed by atoms with Gasteiger partial charge in [-0.1, -0.05) is 29.3 Å². The summed E-state index contributed by atoms with van der Waals surface area (Å²) in [5, 5.41) is 12.6. The van der Waals surface area contributed by atoms with Crippen molar-refractivity contribution >= 4 is 34.8 Å². The van der Waals surface area contributed by atoms with Crippen LogP contribution in [0.3, 0.4) is 0 Å². The average molecular weight is 319 g/mol. The number of aliphatic hydroxyl groups is 1. The lowest BCUT2D eigenvalue weighted by Gasteiger charge is -2.25. The van der Waals surface area contributed by atoms with Crippen molar-refractivity contribution in [2.24, 2.45) is 0 Å². The number of hydrogen-bond donors (Lipinski definition) is 2. The number of hydrogen-bond acceptors (Lipinski definition) is 3. The number of carbonyl (C=O) groups excluding carboxylic acids is 1. The molecule has 1 aromatic carbocycles. The summed E-state index contributed by atoms with van der Waals surface area (Å²) in [4.78, 5) is 13.9. The van der Waals surface area contributed by atoms with Crippen LogP contribution in [0.1, 0.15) is 19.4 Å². The number of aliphatic hydroxyl groups excluding tert-OH is 1. The minimum atomic E-state index is -0.207. The lowest BCUT2D eigenvalue weighted by Crippen LogP contribution is -2.39. The first-order valence-corrected chi connectivity index (χ1v) is 7.21. The van der Waals surface area contributed by atoms with Crippen LogP contribution < -0.4 is 5.32 Å². The third-order valence-electron chi connectivity index (χ3n) is 3.01. The molecule has 0 atom stereocenters. The van der Waals surface area contributed by atoms with Crippen LogP contribution in [0.5, 0.6) is 0 Å². The maximum atomic E-state index is 12.1. The summed E-state index contributed by atoms with van der Waals surface area (Å²) in [6.45, 7) is 6.42. The van der Waals surface area contributed by atoms with Crippen LogP contribution in [-0.4, -0.2) is 41.7 Å². The van der Waals surface area contributed by atoms with Crippen LogP contribution in [0.2, 0.25) is 10.0 Å². The van der Waals surface area contributed by atoms with E-state index < -0.39 is 0 Å². The summed E-state index contributed by atoms with van der Waals surface area (Å²) in [6, 6.07) is 3.66. The molecule has 0 saturated carbocycles. The van der Waals surface area contributed by atoms with E-state index in [-0.39, 0.29) is 25.1 Å². The Morgan fingerprint density at radius 3 is 2.60 bits per heavy atom. The molecule has 0 aliphatic carbocycles. The molecule has 0 aromatic heterocycles. The molecule has 0 heterocycles. The predicted octanol–water partition coefficient (Wildman–Crippen LogP) is 2.94. The second kappa shape index (κ2) is 7.84. The summed E-state index contributed by atoms with van der Waals surface area (Å²) >= 11 is 12.2. The van der Waals surface area contributed by atoms with E-state index >= 15 is 0 Å². The molecule has 2 N–H and O–H groups in total. The van der Waals surface area contributed by atoms with Crippen LogP contribution in [0.25, 0.3) is 0 Å². The highest BCUT2D eigenvalue weighted by Gasteiger charge is 2.16. The van der Waals surface area contributed by atoms with Crippen molar-refractivity contribution in [3.8, 4) is 0 Å². The van der Waals surface area contributed by atoms with E-state index in [1.807, 2.05) is 25.7 Å². The SMILES string of the molecule is Cc1ccc(Cl)c(NC(=O)CN(CCO)C(C)C)c1Cl. The van der Waals surface area contributed by atoms with Gasteiger partial charge in [-0.05, 0) is 32.4 Å². The number of rotatable bonds is 6. The van der Waals surface area contributed by atoms with Gasteiger partial charge in [0.1, 0.15) is 0 Å². The third-order valence-corrected chi connectivity index (χ3v) is 3.81. The van der Waals surface area contributed by atoms with E-state index in [2.05, 4.69) is 5.32 Å². The number of carbonyl (C=O) groups is 1. The Labute approximate surface area is 129 Å². The first-order chi connectivity index (χ1) is 9.36. The quantitative estimate of drug-likeness (QED) is 0.848. The van der Waals surface area contributed by atoms with Crippen LogP contribution >= 0.6 is 23.2 Å². The van der Waals surface area contributed by atoms with E-state index in [9.17, 15) is 4.79 Å². The Bertz CT molecular complexity index is 478. The molecule has 0 fully saturated rings. The number of nitrogens with zero attached hydrogens (tertiary/aromatic N) is 1. The zero-order valence-electron chi connectivity index (χ0n) is 11.9. The summed E-state index contributed by atoms with van der Waals surface area (Å²) in [6.07, 6.45) is 0. The van der Waals surface area contributed by atoms with Gasteiger partial charge in [-0.25, -0.2) is 0 Å². The zero-order valence-corrected chi connectivity index (χ0v) is 13.4. The lowest BCUT2D eigenvalue weighted by molar-refractivity contribution is -0.117. The van der Waals surface area contributed by atoms with Crippen molar-refractivity contribution in [3.05, 3.63) is 27.7 Å². The van der Waals surface area contributed by atoms with Crippen molar-refractivity contribution in [1.82, 2.24) is 4.90 Å². The number of anilines is 1. The Morgan fingerprint density at radius 1 is 1.40 bits per heavy atom. The summed E-state index contributed by atoms with van der Waals surface area (Å²) in [5.41, 5.74) is 1.29. The van der Waals surface area contributed by atoms with E-state index in [0.717, 1.165) is 5.56 Å². The second-order valence-electron chi connectivity index (χ2n) is 4.89. The maximum absolute atomic E-state index is 12.1. The van der Waals surface area contributed by atoms with Crippen LogP contribution in [-0.2, 0) is 4.79 Å². The molecule has 4 nitrogen and oxygen atoms in total. The zero-order chi connectivity index (χ0) is 15.3. The first-order valence-electron chi connectivity index (χ1n) is 6.46. The normalized spacial score (nSPS) is 11.2. The topological polar surface area (TPSA) is 52.6 Å². The maximum Gasteiger partial charge on any atom is 0.238 e. The van der Waals surface area contributed by atoms with Crippen molar-refractivity contribution in [2.75, 3.05) is 25.0 Å². The fraction of sp³-hybridized carbons (Fsp3) is 0.500. The molecule has 0 radical (unpaired) electrons. The van der Waals surface area contributed by atoms with Gasteiger partial charge < -0.3 is 10.4 Å². The molecule has 0 unspecified atom stereocenters. The standard InChI is InChI=1S/C14H20Cl2N2O2/c1-9(2)18(6-7-19)8-12(20)17-14-11(15)5-4-10(3)13(14)16/h4-5,9,19H,6-8H2,1-3H3,(H,17,20). The van der Waals surface area contributed by atoms with Gasteiger partial charge in [0.2, 0.25) is 5.91 Å². The molecule has 0 bridgehead atoms. The molecule has 1 rings (SSSR count). The van der Waals surface area contributed by atoms with Crippen molar-refractivity contribution < 1.29 is 9.90 Å². The Balaban J connectivity index is 2.78. The molecule has 0 spiro atoms. The molecule has 0 aliphatic heterocycles. The second-order valence-corrected chi connectivity index (χ2v) is 5.67. The molecule has 6 heteroatoms. The average Bonchev–Trinajstić information content (AvgIpc) is 2.38. The van der Waals surface area contributed by atoms with Gasteiger partial charge in [0.15, 0.2) is 0 Å². The van der Waals surface area contributed by atoms with Crippen LogP contribution in [0.4, 0.5) is 5.69 Å². The molecule has 112 valence electrons. The molecular weight excluding hydrogens is 299 g/mol. The fourth-order valence-electron chi connectivity index (χ4n) is 1.78. The minimum Gasteiger partial charge on any atom is -0.395 e. The number of halogens is 2. The minimum absolute atomic E-state index is 0.0113. The molecule has 0 saturated heterocycles. The van der Waals surface area contributed by atoms with Crippen molar-refractivity contribution in [2.45, 2.75) is 26.8 Å². The highest BCUT2D eigenvalue weighted by molar-refractivity contribution is 6.40. The van der Waals surface area contributed by atoms with Gasteiger partial charge in [0.25, 0.3) is 0 Å².